The molecule has 1 aromatic carbocycles. The summed E-state index contributed by atoms with van der Waals surface area (Å²) < 4.78 is 14.8. The molecule has 5 nitrogen and oxygen atoms in total. The third-order valence-electron chi connectivity index (χ3n) is 4.15. The van der Waals surface area contributed by atoms with Gasteiger partial charge in [-0.3, -0.25) is 9.48 Å². The first-order valence-electron chi connectivity index (χ1n) is 8.08. The number of nitrogens with one attached hydrogen (secondary N) is 2. The van der Waals surface area contributed by atoms with Gasteiger partial charge in [0.15, 0.2) is 0 Å². The first kappa shape index (κ1) is 18.1. The van der Waals surface area contributed by atoms with Crippen LogP contribution < -0.4 is 10.6 Å². The van der Waals surface area contributed by atoms with Crippen LogP contribution in [0.15, 0.2) is 24.3 Å². The van der Waals surface area contributed by atoms with Crippen LogP contribution in [0.4, 0.5) is 10.1 Å². The van der Waals surface area contributed by atoms with Gasteiger partial charge in [-0.1, -0.05) is 26.0 Å². The molecule has 6 heteroatoms. The molecule has 0 radical (unpaired) electrons. The van der Waals surface area contributed by atoms with Gasteiger partial charge in [-0.05, 0) is 37.5 Å². The number of carbonyl (C=O) groups is 1. The van der Waals surface area contributed by atoms with Crippen LogP contribution in [0.25, 0.3) is 0 Å². The van der Waals surface area contributed by atoms with Crippen LogP contribution in [0.2, 0.25) is 0 Å². The van der Waals surface area contributed by atoms with E-state index in [0.717, 1.165) is 22.6 Å². The predicted octanol–water partition coefficient (Wildman–Crippen LogP) is 3.10. The monoisotopic (exact) mass is 332 g/mol. The largest absolute Gasteiger partial charge is 0.322 e. The number of nitrogens with zero attached hydrogens (tertiary/aromatic N) is 2. The van der Waals surface area contributed by atoms with E-state index in [1.54, 1.807) is 16.8 Å². The lowest BCUT2D eigenvalue weighted by molar-refractivity contribution is -0.115. The zero-order chi connectivity index (χ0) is 17.9. The molecule has 0 bridgehead atoms. The van der Waals surface area contributed by atoms with Crippen molar-refractivity contribution < 1.29 is 9.18 Å². The summed E-state index contributed by atoms with van der Waals surface area (Å²) in [5, 5.41) is 10.5. The number of benzene rings is 1. The third kappa shape index (κ3) is 4.20. The SMILES string of the molecule is Cc1nn(C)c(C)c1NC(=O)CN[C@@H](c1ccc(F)cc1)C(C)C. The van der Waals surface area contributed by atoms with Gasteiger partial charge in [0.25, 0.3) is 0 Å². The number of aryl methyl sites for hydroxylation is 2. The van der Waals surface area contributed by atoms with Crippen LogP contribution in [-0.4, -0.2) is 22.2 Å². The van der Waals surface area contributed by atoms with Crippen molar-refractivity contribution in [2.75, 3.05) is 11.9 Å². The van der Waals surface area contributed by atoms with E-state index in [1.807, 2.05) is 20.9 Å². The molecule has 0 spiro atoms. The number of hydrogen-bond acceptors (Lipinski definition) is 3. The molecule has 0 saturated heterocycles. The Morgan fingerprint density at radius 2 is 1.88 bits per heavy atom. The highest BCUT2D eigenvalue weighted by atomic mass is 19.1. The minimum Gasteiger partial charge on any atom is -0.322 e. The normalized spacial score (nSPS) is 12.5. The maximum absolute atomic E-state index is 13.1. The second-order valence-electron chi connectivity index (χ2n) is 6.37. The van der Waals surface area contributed by atoms with E-state index in [1.165, 1.54) is 12.1 Å². The Morgan fingerprint density at radius 1 is 1.25 bits per heavy atom. The van der Waals surface area contributed by atoms with E-state index in [-0.39, 0.29) is 30.2 Å². The lowest BCUT2D eigenvalue weighted by atomic mass is 9.96. The van der Waals surface area contributed by atoms with E-state index in [9.17, 15) is 9.18 Å². The summed E-state index contributed by atoms with van der Waals surface area (Å²) in [6.45, 7) is 8.08. The van der Waals surface area contributed by atoms with E-state index in [0.29, 0.717) is 0 Å². The lowest BCUT2D eigenvalue weighted by Crippen LogP contribution is -2.33. The zero-order valence-electron chi connectivity index (χ0n) is 14.9. The van der Waals surface area contributed by atoms with Gasteiger partial charge < -0.3 is 10.6 Å². The summed E-state index contributed by atoms with van der Waals surface area (Å²) in [7, 11) is 1.85. The Kier molecular flexibility index (Phi) is 5.72. The number of anilines is 1. The Labute approximate surface area is 142 Å². The van der Waals surface area contributed by atoms with Crippen LogP contribution >= 0.6 is 0 Å². The lowest BCUT2D eigenvalue weighted by Gasteiger charge is -2.23. The van der Waals surface area contributed by atoms with Gasteiger partial charge in [0.2, 0.25) is 5.91 Å². The van der Waals surface area contributed by atoms with Crippen molar-refractivity contribution in [3.63, 3.8) is 0 Å². The van der Waals surface area contributed by atoms with Gasteiger partial charge in [-0.2, -0.15) is 5.10 Å². The second-order valence-corrected chi connectivity index (χ2v) is 6.37. The molecule has 1 aromatic heterocycles. The van der Waals surface area contributed by atoms with E-state index in [4.69, 9.17) is 0 Å². The van der Waals surface area contributed by atoms with Gasteiger partial charge in [0.05, 0.1) is 23.6 Å². The molecule has 2 rings (SSSR count). The minimum atomic E-state index is -0.262. The average Bonchev–Trinajstić information content (AvgIpc) is 2.75. The second kappa shape index (κ2) is 7.57. The maximum Gasteiger partial charge on any atom is 0.238 e. The Hall–Kier alpha value is -2.21. The first-order chi connectivity index (χ1) is 11.3. The van der Waals surface area contributed by atoms with E-state index in [2.05, 4.69) is 29.6 Å². The Bertz CT molecular complexity index is 707. The van der Waals surface area contributed by atoms with Crippen molar-refractivity contribution in [1.82, 2.24) is 15.1 Å². The maximum atomic E-state index is 13.1. The number of halogens is 1. The van der Waals surface area contributed by atoms with Crippen molar-refractivity contribution in [2.24, 2.45) is 13.0 Å². The molecule has 0 aliphatic carbocycles. The number of hydrogen-bond donors (Lipinski definition) is 2. The molecule has 0 aliphatic rings. The molecule has 24 heavy (non-hydrogen) atoms. The summed E-state index contributed by atoms with van der Waals surface area (Å²) in [6.07, 6.45) is 0. The van der Waals surface area contributed by atoms with E-state index >= 15 is 0 Å². The Balaban J connectivity index is 2.01. The molecule has 1 heterocycles. The van der Waals surface area contributed by atoms with Gasteiger partial charge in [-0.15, -0.1) is 0 Å². The highest BCUT2D eigenvalue weighted by Crippen LogP contribution is 2.22. The fourth-order valence-corrected chi connectivity index (χ4v) is 2.75. The van der Waals surface area contributed by atoms with Crippen molar-refractivity contribution in [1.29, 1.82) is 0 Å². The molecule has 0 aliphatic heterocycles. The average molecular weight is 332 g/mol. The molecule has 1 amide bonds. The quantitative estimate of drug-likeness (QED) is 0.854. The molecular weight excluding hydrogens is 307 g/mol. The molecule has 130 valence electrons. The number of aromatic nitrogens is 2. The minimum absolute atomic E-state index is 0.0209. The molecular formula is C18H25FN4O. The standard InChI is InChI=1S/C18H25FN4O/c1-11(2)17(14-6-8-15(19)9-7-14)20-10-16(24)21-18-12(3)22-23(5)13(18)4/h6-9,11,17,20H,10H2,1-5H3,(H,21,24)/t17-/m1/s1. The van der Waals surface area contributed by atoms with E-state index < -0.39 is 0 Å². The fourth-order valence-electron chi connectivity index (χ4n) is 2.75. The van der Waals surface area contributed by atoms with Gasteiger partial charge in [0.1, 0.15) is 5.82 Å². The van der Waals surface area contributed by atoms with Gasteiger partial charge in [-0.25, -0.2) is 4.39 Å². The third-order valence-corrected chi connectivity index (χ3v) is 4.15. The summed E-state index contributed by atoms with van der Waals surface area (Å²) >= 11 is 0. The van der Waals surface area contributed by atoms with Gasteiger partial charge >= 0.3 is 0 Å². The molecule has 0 unspecified atom stereocenters. The smallest absolute Gasteiger partial charge is 0.238 e. The highest BCUT2D eigenvalue weighted by Gasteiger charge is 2.18. The summed E-state index contributed by atoms with van der Waals surface area (Å²) in [4.78, 5) is 12.3. The number of carbonyl (C=O) groups excluding carboxylic acids is 1. The molecule has 1 atom stereocenters. The van der Waals surface area contributed by atoms with Crippen molar-refractivity contribution in [3.05, 3.63) is 47.0 Å². The molecule has 0 saturated carbocycles. The first-order valence-corrected chi connectivity index (χ1v) is 8.08. The Morgan fingerprint density at radius 3 is 2.38 bits per heavy atom. The summed E-state index contributed by atoms with van der Waals surface area (Å²) in [5.41, 5.74) is 3.43. The summed E-state index contributed by atoms with van der Waals surface area (Å²) in [6, 6.07) is 6.36. The van der Waals surface area contributed by atoms with Crippen LogP contribution in [0.3, 0.4) is 0 Å². The number of rotatable bonds is 6. The van der Waals surface area contributed by atoms with Crippen molar-refractivity contribution in [3.8, 4) is 0 Å². The molecule has 0 fully saturated rings. The highest BCUT2D eigenvalue weighted by molar-refractivity contribution is 5.93. The van der Waals surface area contributed by atoms with Crippen LogP contribution in [-0.2, 0) is 11.8 Å². The van der Waals surface area contributed by atoms with Crippen molar-refractivity contribution in [2.45, 2.75) is 33.7 Å². The molecule has 2 aromatic rings. The zero-order valence-corrected chi connectivity index (χ0v) is 14.9. The fraction of sp³-hybridized carbons (Fsp3) is 0.444. The van der Waals surface area contributed by atoms with Crippen LogP contribution in [0, 0.1) is 25.6 Å². The van der Waals surface area contributed by atoms with Crippen molar-refractivity contribution >= 4 is 11.6 Å². The number of amides is 1. The predicted molar refractivity (Wildman–Crippen MR) is 93.3 cm³/mol. The topological polar surface area (TPSA) is 59.0 Å². The van der Waals surface area contributed by atoms with Gasteiger partial charge in [0, 0.05) is 13.1 Å². The summed E-state index contributed by atoms with van der Waals surface area (Å²) in [5.74, 6) is -0.117. The van der Waals surface area contributed by atoms with Crippen LogP contribution in [0.5, 0.6) is 0 Å². The van der Waals surface area contributed by atoms with Crippen LogP contribution in [0.1, 0.15) is 36.8 Å². The molecule has 2 N–H and O–H groups in total.